The molecule has 29 heavy (non-hydrogen) atoms. The number of carbonyl (C=O) groups excluding carboxylic acids is 3. The third-order valence-corrected chi connectivity index (χ3v) is 6.56. The fraction of sp³-hybridized carbons (Fsp3) is 0.227. The number of nitrogens with zero attached hydrogens (tertiary/aromatic N) is 1. The highest BCUT2D eigenvalue weighted by Crippen LogP contribution is 2.53. The third-order valence-electron chi connectivity index (χ3n) is 6.02. The van der Waals surface area contributed by atoms with Gasteiger partial charge in [0.25, 0.3) is 5.91 Å². The Morgan fingerprint density at radius 3 is 2.31 bits per heavy atom. The molecule has 2 aromatic rings. The molecule has 1 heterocycles. The van der Waals surface area contributed by atoms with Crippen LogP contribution in [-0.2, 0) is 9.59 Å². The van der Waals surface area contributed by atoms with Crippen LogP contribution in [0.5, 0.6) is 0 Å². The van der Waals surface area contributed by atoms with E-state index in [-0.39, 0.29) is 35.5 Å². The Labute approximate surface area is 177 Å². The zero-order valence-corrected chi connectivity index (χ0v) is 16.7. The minimum atomic E-state index is -0.392. The van der Waals surface area contributed by atoms with Crippen LogP contribution in [0.15, 0.2) is 54.6 Å². The van der Waals surface area contributed by atoms with Gasteiger partial charge in [-0.2, -0.15) is 0 Å². The number of hydrogen-bond acceptors (Lipinski definition) is 3. The summed E-state index contributed by atoms with van der Waals surface area (Å²) in [5.74, 6) is -0.997. The topological polar surface area (TPSA) is 66.5 Å². The van der Waals surface area contributed by atoms with E-state index in [1.807, 2.05) is 0 Å². The van der Waals surface area contributed by atoms with Gasteiger partial charge in [0.2, 0.25) is 11.8 Å². The number of benzene rings is 2. The van der Waals surface area contributed by atoms with Crippen molar-refractivity contribution in [3.63, 3.8) is 0 Å². The molecule has 5 rings (SSSR count). The smallest absolute Gasteiger partial charge is 0.255 e. The van der Waals surface area contributed by atoms with Gasteiger partial charge in [0, 0.05) is 10.6 Å². The highest BCUT2D eigenvalue weighted by molar-refractivity contribution is 6.36. The van der Waals surface area contributed by atoms with E-state index in [0.717, 1.165) is 6.42 Å². The molecule has 146 valence electrons. The lowest BCUT2D eigenvalue weighted by molar-refractivity contribution is -0.123. The van der Waals surface area contributed by atoms with Gasteiger partial charge in [-0.1, -0.05) is 41.4 Å². The van der Waals surface area contributed by atoms with Gasteiger partial charge in [-0.05, 0) is 54.7 Å². The molecule has 3 amide bonds. The lowest BCUT2D eigenvalue weighted by Crippen LogP contribution is -2.33. The van der Waals surface area contributed by atoms with Gasteiger partial charge in [0.1, 0.15) is 0 Å². The summed E-state index contributed by atoms with van der Waals surface area (Å²) in [6.45, 7) is 0. The molecule has 2 aromatic carbocycles. The van der Waals surface area contributed by atoms with Crippen molar-refractivity contribution < 1.29 is 14.4 Å². The number of anilines is 2. The summed E-state index contributed by atoms with van der Waals surface area (Å²) in [7, 11) is 0. The van der Waals surface area contributed by atoms with Crippen molar-refractivity contribution in [2.75, 3.05) is 10.2 Å². The molecule has 0 radical (unpaired) electrons. The van der Waals surface area contributed by atoms with Crippen LogP contribution in [0.25, 0.3) is 0 Å². The zero-order chi connectivity index (χ0) is 20.3. The molecule has 0 spiro atoms. The normalized spacial score (nSPS) is 26.9. The van der Waals surface area contributed by atoms with Gasteiger partial charge < -0.3 is 5.32 Å². The first-order valence-corrected chi connectivity index (χ1v) is 10.1. The van der Waals surface area contributed by atoms with Crippen molar-refractivity contribution in [3.05, 3.63) is 70.2 Å². The number of halogens is 2. The summed E-state index contributed by atoms with van der Waals surface area (Å²) in [4.78, 5) is 39.9. The van der Waals surface area contributed by atoms with Crippen LogP contribution < -0.4 is 10.2 Å². The first-order chi connectivity index (χ1) is 13.9. The molecule has 2 fully saturated rings. The second kappa shape index (κ2) is 6.71. The monoisotopic (exact) mass is 426 g/mol. The third kappa shape index (κ3) is 2.88. The van der Waals surface area contributed by atoms with Crippen LogP contribution in [0.3, 0.4) is 0 Å². The maximum atomic E-state index is 13.0. The number of hydrogen-bond donors (Lipinski definition) is 1. The second-order valence-electron chi connectivity index (χ2n) is 7.64. The molecule has 4 atom stereocenters. The van der Waals surface area contributed by atoms with Gasteiger partial charge in [-0.25, -0.2) is 4.90 Å². The molecule has 2 bridgehead atoms. The van der Waals surface area contributed by atoms with Crippen LogP contribution in [0.1, 0.15) is 16.8 Å². The van der Waals surface area contributed by atoms with Gasteiger partial charge in [-0.15, -0.1) is 0 Å². The Hall–Kier alpha value is -2.63. The van der Waals surface area contributed by atoms with E-state index in [0.29, 0.717) is 27.0 Å². The van der Waals surface area contributed by atoms with Gasteiger partial charge in [-0.3, -0.25) is 14.4 Å². The maximum Gasteiger partial charge on any atom is 0.255 e. The number of carbonyl (C=O) groups is 3. The van der Waals surface area contributed by atoms with E-state index in [1.165, 1.54) is 11.0 Å². The minimum Gasteiger partial charge on any atom is -0.321 e. The average Bonchev–Trinajstić information content (AvgIpc) is 3.38. The second-order valence-corrected chi connectivity index (χ2v) is 8.48. The molecule has 3 aliphatic rings. The maximum absolute atomic E-state index is 13.0. The van der Waals surface area contributed by atoms with E-state index >= 15 is 0 Å². The molecule has 7 heteroatoms. The summed E-state index contributed by atoms with van der Waals surface area (Å²) in [6.07, 6.45) is 4.99. The molecule has 0 unspecified atom stereocenters. The summed E-state index contributed by atoms with van der Waals surface area (Å²) in [5, 5.41) is 3.52. The quantitative estimate of drug-likeness (QED) is 0.577. The Morgan fingerprint density at radius 2 is 1.66 bits per heavy atom. The number of nitrogens with one attached hydrogen (secondary N) is 1. The Morgan fingerprint density at radius 1 is 0.966 bits per heavy atom. The number of fused-ring (bicyclic) bond motifs is 5. The molecule has 1 N–H and O–H groups in total. The van der Waals surface area contributed by atoms with Crippen molar-refractivity contribution in [1.82, 2.24) is 0 Å². The molecule has 1 saturated carbocycles. The molecule has 2 aliphatic carbocycles. The van der Waals surface area contributed by atoms with E-state index < -0.39 is 5.91 Å². The largest absolute Gasteiger partial charge is 0.321 e. The number of rotatable bonds is 3. The summed E-state index contributed by atoms with van der Waals surface area (Å²) in [6, 6.07) is 11.3. The lowest BCUT2D eigenvalue weighted by atomic mass is 9.85. The predicted molar refractivity (Wildman–Crippen MR) is 111 cm³/mol. The standard InChI is InChI=1S/C22H16Cl2N2O3/c23-14-6-7-17(16(24)10-14)25-20(27)13-2-1-3-15(9-13)26-21(28)18-11-4-5-12(8-11)19(18)22(26)29/h1-7,9-12,18-19H,8H2,(H,25,27)/t11-,12+,18+,19-. The van der Waals surface area contributed by atoms with E-state index in [1.54, 1.807) is 36.4 Å². The summed E-state index contributed by atoms with van der Waals surface area (Å²) < 4.78 is 0. The van der Waals surface area contributed by atoms with Crippen molar-refractivity contribution in [2.24, 2.45) is 23.7 Å². The minimum absolute atomic E-state index is 0.143. The highest BCUT2D eigenvalue weighted by Gasteiger charge is 2.59. The van der Waals surface area contributed by atoms with E-state index in [9.17, 15) is 14.4 Å². The van der Waals surface area contributed by atoms with Gasteiger partial charge >= 0.3 is 0 Å². The fourth-order valence-corrected chi connectivity index (χ4v) is 5.18. The highest BCUT2D eigenvalue weighted by atomic mass is 35.5. The molecular formula is C22H16Cl2N2O3. The van der Waals surface area contributed by atoms with Crippen LogP contribution >= 0.6 is 23.2 Å². The predicted octanol–water partition coefficient (Wildman–Crippen LogP) is 4.56. The summed E-state index contributed by atoms with van der Waals surface area (Å²) in [5.41, 5.74) is 1.17. The number of allylic oxidation sites excluding steroid dienone is 2. The van der Waals surface area contributed by atoms with Crippen molar-refractivity contribution in [3.8, 4) is 0 Å². The molecule has 0 aromatic heterocycles. The van der Waals surface area contributed by atoms with Crippen molar-refractivity contribution >= 4 is 52.3 Å². The first-order valence-electron chi connectivity index (χ1n) is 9.36. The van der Waals surface area contributed by atoms with E-state index in [2.05, 4.69) is 17.5 Å². The van der Waals surface area contributed by atoms with Gasteiger partial charge in [0.15, 0.2) is 0 Å². The first kappa shape index (κ1) is 18.4. The van der Waals surface area contributed by atoms with Gasteiger partial charge in [0.05, 0.1) is 28.2 Å². The van der Waals surface area contributed by atoms with Crippen molar-refractivity contribution in [2.45, 2.75) is 6.42 Å². The van der Waals surface area contributed by atoms with Crippen LogP contribution in [0.2, 0.25) is 10.0 Å². The Balaban J connectivity index is 1.41. The summed E-state index contributed by atoms with van der Waals surface area (Å²) >= 11 is 12.0. The fourth-order valence-electron chi connectivity index (χ4n) is 4.73. The van der Waals surface area contributed by atoms with Crippen molar-refractivity contribution in [1.29, 1.82) is 0 Å². The number of amides is 3. The Bertz CT molecular complexity index is 1070. The molecule has 1 aliphatic heterocycles. The van der Waals surface area contributed by atoms with E-state index in [4.69, 9.17) is 23.2 Å². The number of imide groups is 1. The molecule has 5 nitrogen and oxygen atoms in total. The van der Waals surface area contributed by atoms with Crippen LogP contribution in [0, 0.1) is 23.7 Å². The average molecular weight is 427 g/mol. The van der Waals surface area contributed by atoms with Crippen LogP contribution in [-0.4, -0.2) is 17.7 Å². The zero-order valence-electron chi connectivity index (χ0n) is 15.1. The molecule has 1 saturated heterocycles. The van der Waals surface area contributed by atoms with Crippen LogP contribution in [0.4, 0.5) is 11.4 Å². The molecular weight excluding hydrogens is 411 g/mol. The SMILES string of the molecule is O=C(Nc1ccc(Cl)cc1Cl)c1cccc(N2C(=O)[C@@H]3[C@H](C2=O)[C@H]2C=C[C@@H]3C2)c1. The lowest BCUT2D eigenvalue weighted by Gasteiger charge is -2.18. The Kier molecular flexibility index (Phi) is 4.26.